The van der Waals surface area contributed by atoms with Gasteiger partial charge in [-0.25, -0.2) is 0 Å². The molecule has 26 heavy (non-hydrogen) atoms. The predicted octanol–water partition coefficient (Wildman–Crippen LogP) is 4.39. The van der Waals surface area contributed by atoms with Crippen LogP contribution < -0.4 is 20.1 Å². The molecule has 0 fully saturated rings. The van der Waals surface area contributed by atoms with Crippen LogP contribution in [0, 0.1) is 0 Å². The number of rotatable bonds is 8. The molecule has 0 aromatic heterocycles. The van der Waals surface area contributed by atoms with Gasteiger partial charge in [-0.2, -0.15) is 0 Å². The highest BCUT2D eigenvalue weighted by atomic mass is 32.1. The maximum absolute atomic E-state index is 12.3. The van der Waals surface area contributed by atoms with Crippen molar-refractivity contribution in [3.8, 4) is 11.5 Å². The summed E-state index contributed by atoms with van der Waals surface area (Å²) in [5.74, 6) is 1.23. The van der Waals surface area contributed by atoms with Gasteiger partial charge < -0.3 is 14.8 Å². The molecule has 0 heterocycles. The number of carbonyl (C=O) groups is 1. The van der Waals surface area contributed by atoms with Gasteiger partial charge in [0.15, 0.2) is 5.11 Å². The van der Waals surface area contributed by atoms with Gasteiger partial charge in [0.05, 0.1) is 13.2 Å². The van der Waals surface area contributed by atoms with Crippen molar-refractivity contribution in [2.45, 2.75) is 26.7 Å². The van der Waals surface area contributed by atoms with E-state index in [2.05, 4.69) is 17.6 Å². The van der Waals surface area contributed by atoms with E-state index in [-0.39, 0.29) is 11.0 Å². The molecule has 138 valence electrons. The number of nitrogens with one attached hydrogen (secondary N) is 2. The number of hydrogen-bond donors (Lipinski definition) is 2. The minimum Gasteiger partial charge on any atom is -0.494 e. The second-order valence-corrected chi connectivity index (χ2v) is 6.07. The standard InChI is InChI=1S/C20H24N2O3S/c1-3-12-24-17-10-8-15(9-11-17)19(23)22-20(26)21-16-6-5-7-18(14-16)25-13-4-2/h5-11,14H,3-4,12-13H2,1-2H3,(H2,21,22,23,26). The van der Waals surface area contributed by atoms with Crippen LogP contribution in [0.4, 0.5) is 5.69 Å². The zero-order chi connectivity index (χ0) is 18.8. The van der Waals surface area contributed by atoms with Crippen molar-refractivity contribution < 1.29 is 14.3 Å². The summed E-state index contributed by atoms with van der Waals surface area (Å²) < 4.78 is 11.1. The quantitative estimate of drug-likeness (QED) is 0.673. The third-order valence-corrected chi connectivity index (χ3v) is 3.59. The van der Waals surface area contributed by atoms with Gasteiger partial charge in [0.1, 0.15) is 11.5 Å². The lowest BCUT2D eigenvalue weighted by Gasteiger charge is -2.11. The Morgan fingerprint density at radius 1 is 0.962 bits per heavy atom. The first kappa shape index (κ1) is 19.7. The van der Waals surface area contributed by atoms with Crippen molar-refractivity contribution in [3.63, 3.8) is 0 Å². The van der Waals surface area contributed by atoms with E-state index in [0.717, 1.165) is 30.0 Å². The summed E-state index contributed by atoms with van der Waals surface area (Å²) in [5.41, 5.74) is 1.27. The third-order valence-electron chi connectivity index (χ3n) is 3.38. The Labute approximate surface area is 159 Å². The molecule has 2 aromatic rings. The maximum atomic E-state index is 12.3. The normalized spacial score (nSPS) is 10.1. The maximum Gasteiger partial charge on any atom is 0.257 e. The SMILES string of the molecule is CCCOc1ccc(C(=O)NC(=S)Nc2cccc(OCCC)c2)cc1. The number of benzene rings is 2. The lowest BCUT2D eigenvalue weighted by Crippen LogP contribution is -2.34. The molecule has 5 nitrogen and oxygen atoms in total. The number of ether oxygens (including phenoxy) is 2. The molecule has 2 rings (SSSR count). The highest BCUT2D eigenvalue weighted by Gasteiger charge is 2.08. The van der Waals surface area contributed by atoms with Crippen molar-refractivity contribution in [1.82, 2.24) is 5.32 Å². The molecule has 0 aliphatic rings. The van der Waals surface area contributed by atoms with Crippen LogP contribution in [0.25, 0.3) is 0 Å². The second kappa shape index (κ2) is 10.4. The van der Waals surface area contributed by atoms with Gasteiger partial charge >= 0.3 is 0 Å². The van der Waals surface area contributed by atoms with Crippen molar-refractivity contribution in [3.05, 3.63) is 54.1 Å². The van der Waals surface area contributed by atoms with E-state index in [9.17, 15) is 4.79 Å². The molecular weight excluding hydrogens is 348 g/mol. The first-order valence-corrected chi connectivity index (χ1v) is 9.11. The highest BCUT2D eigenvalue weighted by Crippen LogP contribution is 2.17. The lowest BCUT2D eigenvalue weighted by atomic mass is 10.2. The van der Waals surface area contributed by atoms with Crippen LogP contribution in [-0.4, -0.2) is 24.2 Å². The van der Waals surface area contributed by atoms with E-state index < -0.39 is 0 Å². The number of thiocarbonyl (C=S) groups is 1. The van der Waals surface area contributed by atoms with E-state index in [1.165, 1.54) is 0 Å². The number of amides is 1. The minimum atomic E-state index is -0.275. The van der Waals surface area contributed by atoms with Crippen LogP contribution in [0.5, 0.6) is 11.5 Å². The molecule has 0 saturated carbocycles. The Morgan fingerprint density at radius 3 is 2.27 bits per heavy atom. The summed E-state index contributed by atoms with van der Waals surface area (Å²) in [6.07, 6.45) is 1.88. The fourth-order valence-electron chi connectivity index (χ4n) is 2.14. The average Bonchev–Trinajstić information content (AvgIpc) is 2.65. The summed E-state index contributed by atoms with van der Waals surface area (Å²) in [4.78, 5) is 12.3. The number of anilines is 1. The Bertz CT molecular complexity index is 732. The van der Waals surface area contributed by atoms with Crippen LogP contribution >= 0.6 is 12.2 Å². The van der Waals surface area contributed by atoms with Crippen LogP contribution in [0.15, 0.2) is 48.5 Å². The second-order valence-electron chi connectivity index (χ2n) is 5.66. The van der Waals surface area contributed by atoms with Crippen molar-refractivity contribution in [1.29, 1.82) is 0 Å². The molecule has 0 bridgehead atoms. The first-order chi connectivity index (χ1) is 12.6. The van der Waals surface area contributed by atoms with Gasteiger partial charge in [0, 0.05) is 17.3 Å². The fourth-order valence-corrected chi connectivity index (χ4v) is 2.35. The molecule has 1 amide bonds. The van der Waals surface area contributed by atoms with Gasteiger partial charge in [-0.05, 0) is 61.5 Å². The summed E-state index contributed by atoms with van der Waals surface area (Å²) in [6.45, 7) is 5.40. The molecule has 2 aromatic carbocycles. The molecule has 0 radical (unpaired) electrons. The van der Waals surface area contributed by atoms with Gasteiger partial charge in [0.2, 0.25) is 0 Å². The molecule has 2 N–H and O–H groups in total. The summed E-state index contributed by atoms with van der Waals surface area (Å²) >= 11 is 5.22. The molecule has 6 heteroatoms. The van der Waals surface area contributed by atoms with Crippen LogP contribution in [-0.2, 0) is 0 Å². The van der Waals surface area contributed by atoms with Gasteiger partial charge in [0.25, 0.3) is 5.91 Å². The van der Waals surface area contributed by atoms with E-state index in [0.29, 0.717) is 18.8 Å². The molecule has 0 unspecified atom stereocenters. The Morgan fingerprint density at radius 2 is 1.62 bits per heavy atom. The Kier molecular flexibility index (Phi) is 7.89. The molecule has 0 saturated heterocycles. The molecule has 0 spiro atoms. The molecule has 0 atom stereocenters. The van der Waals surface area contributed by atoms with E-state index in [1.807, 2.05) is 31.2 Å². The Hall–Kier alpha value is -2.60. The number of carbonyl (C=O) groups excluding carboxylic acids is 1. The predicted molar refractivity (Wildman–Crippen MR) is 108 cm³/mol. The van der Waals surface area contributed by atoms with E-state index in [1.54, 1.807) is 24.3 Å². The van der Waals surface area contributed by atoms with Crippen molar-refractivity contribution in [2.24, 2.45) is 0 Å². The lowest BCUT2D eigenvalue weighted by molar-refractivity contribution is 0.0977. The molecule has 0 aliphatic heterocycles. The topological polar surface area (TPSA) is 59.6 Å². The minimum absolute atomic E-state index is 0.231. The molecular formula is C20H24N2O3S. The summed E-state index contributed by atoms with van der Waals surface area (Å²) in [6, 6.07) is 14.4. The highest BCUT2D eigenvalue weighted by molar-refractivity contribution is 7.80. The monoisotopic (exact) mass is 372 g/mol. The van der Waals surface area contributed by atoms with E-state index >= 15 is 0 Å². The van der Waals surface area contributed by atoms with Crippen molar-refractivity contribution >= 4 is 28.9 Å². The van der Waals surface area contributed by atoms with Gasteiger partial charge in [-0.3, -0.25) is 10.1 Å². The summed E-state index contributed by atoms with van der Waals surface area (Å²) in [5, 5.41) is 5.89. The summed E-state index contributed by atoms with van der Waals surface area (Å²) in [7, 11) is 0. The fraction of sp³-hybridized carbons (Fsp3) is 0.300. The largest absolute Gasteiger partial charge is 0.494 e. The smallest absolute Gasteiger partial charge is 0.257 e. The van der Waals surface area contributed by atoms with Crippen LogP contribution in [0.3, 0.4) is 0 Å². The van der Waals surface area contributed by atoms with E-state index in [4.69, 9.17) is 21.7 Å². The number of hydrogen-bond acceptors (Lipinski definition) is 4. The van der Waals surface area contributed by atoms with Gasteiger partial charge in [-0.1, -0.05) is 19.9 Å². The van der Waals surface area contributed by atoms with Crippen LogP contribution in [0.2, 0.25) is 0 Å². The Balaban J connectivity index is 1.89. The van der Waals surface area contributed by atoms with Crippen molar-refractivity contribution in [2.75, 3.05) is 18.5 Å². The zero-order valence-electron chi connectivity index (χ0n) is 15.1. The molecule has 0 aliphatic carbocycles. The third kappa shape index (κ3) is 6.37. The van der Waals surface area contributed by atoms with Gasteiger partial charge in [-0.15, -0.1) is 0 Å². The van der Waals surface area contributed by atoms with Crippen LogP contribution in [0.1, 0.15) is 37.0 Å². The average molecular weight is 372 g/mol. The zero-order valence-corrected chi connectivity index (χ0v) is 15.9. The first-order valence-electron chi connectivity index (χ1n) is 8.70.